The van der Waals surface area contributed by atoms with Gasteiger partial charge >= 0.3 is 5.97 Å². The third-order valence-electron chi connectivity index (χ3n) is 2.66. The molecule has 0 spiro atoms. The van der Waals surface area contributed by atoms with Crippen LogP contribution in [0.4, 0.5) is 10.1 Å². The Bertz CT molecular complexity index is 693. The molecule has 0 heterocycles. The van der Waals surface area contributed by atoms with Crippen molar-refractivity contribution in [1.82, 2.24) is 0 Å². The average molecular weight is 270 g/mol. The number of nitrogens with two attached hydrogens (primary N) is 1. The van der Waals surface area contributed by atoms with Crippen molar-refractivity contribution in [2.45, 2.75) is 6.61 Å². The number of carbonyl (C=O) groups is 1. The number of benzene rings is 2. The van der Waals surface area contributed by atoms with Crippen molar-refractivity contribution in [3.8, 4) is 6.07 Å². The summed E-state index contributed by atoms with van der Waals surface area (Å²) in [7, 11) is 0. The van der Waals surface area contributed by atoms with Gasteiger partial charge < -0.3 is 10.5 Å². The minimum atomic E-state index is -0.598. The highest BCUT2D eigenvalue weighted by Gasteiger charge is 2.10. The predicted octanol–water partition coefficient (Wildman–Crippen LogP) is 2.64. The third-order valence-corrected chi connectivity index (χ3v) is 2.66. The number of esters is 1. The molecule has 0 bridgehead atoms. The molecule has 0 aliphatic rings. The van der Waals surface area contributed by atoms with E-state index >= 15 is 0 Å². The maximum atomic E-state index is 13.5. The summed E-state index contributed by atoms with van der Waals surface area (Å²) in [5, 5.41) is 8.74. The van der Waals surface area contributed by atoms with E-state index in [9.17, 15) is 9.18 Å². The van der Waals surface area contributed by atoms with Gasteiger partial charge in [0.05, 0.1) is 17.2 Å². The van der Waals surface area contributed by atoms with Crippen molar-refractivity contribution >= 4 is 11.7 Å². The van der Waals surface area contributed by atoms with Gasteiger partial charge in [0.2, 0.25) is 0 Å². The number of rotatable bonds is 3. The molecule has 0 radical (unpaired) electrons. The highest BCUT2D eigenvalue weighted by molar-refractivity contribution is 5.90. The number of anilines is 1. The van der Waals surface area contributed by atoms with Crippen LogP contribution >= 0.6 is 0 Å². The monoisotopic (exact) mass is 270 g/mol. The molecule has 0 aliphatic heterocycles. The van der Waals surface area contributed by atoms with Crippen molar-refractivity contribution in [2.75, 3.05) is 5.73 Å². The zero-order chi connectivity index (χ0) is 14.5. The first-order chi connectivity index (χ1) is 9.60. The van der Waals surface area contributed by atoms with Crippen LogP contribution in [0.5, 0.6) is 0 Å². The Labute approximate surface area is 115 Å². The minimum absolute atomic E-state index is 0.154. The number of ether oxygens (including phenoxy) is 1. The van der Waals surface area contributed by atoms with Crippen LogP contribution in [0.25, 0.3) is 0 Å². The Kier molecular flexibility index (Phi) is 3.96. The SMILES string of the molecule is N#Cc1ccc(F)c(COC(=O)c2cccc(N)c2)c1. The highest BCUT2D eigenvalue weighted by Crippen LogP contribution is 2.13. The Morgan fingerprint density at radius 1 is 1.30 bits per heavy atom. The standard InChI is InChI=1S/C15H11FN2O2/c16-14-5-4-10(8-17)6-12(14)9-20-15(19)11-2-1-3-13(18)7-11/h1-7H,9,18H2. The second-order valence-corrected chi connectivity index (χ2v) is 4.12. The molecule has 0 aliphatic carbocycles. The molecular formula is C15H11FN2O2. The van der Waals surface area contributed by atoms with E-state index in [0.29, 0.717) is 16.8 Å². The first-order valence-corrected chi connectivity index (χ1v) is 5.81. The predicted molar refractivity (Wildman–Crippen MR) is 71.1 cm³/mol. The van der Waals surface area contributed by atoms with Crippen LogP contribution in [-0.4, -0.2) is 5.97 Å². The smallest absolute Gasteiger partial charge is 0.338 e. The first kappa shape index (κ1) is 13.6. The Morgan fingerprint density at radius 3 is 2.80 bits per heavy atom. The molecule has 2 aromatic rings. The summed E-state index contributed by atoms with van der Waals surface area (Å²) < 4.78 is 18.5. The van der Waals surface area contributed by atoms with Gasteiger partial charge in [0.1, 0.15) is 12.4 Å². The Balaban J connectivity index is 2.09. The average Bonchev–Trinajstić information content (AvgIpc) is 2.46. The molecule has 5 heteroatoms. The molecule has 0 unspecified atom stereocenters. The number of hydrogen-bond donors (Lipinski definition) is 1. The first-order valence-electron chi connectivity index (χ1n) is 5.81. The van der Waals surface area contributed by atoms with Gasteiger partial charge in [-0.3, -0.25) is 0 Å². The lowest BCUT2D eigenvalue weighted by Gasteiger charge is -2.06. The molecule has 0 aromatic heterocycles. The lowest BCUT2D eigenvalue weighted by Crippen LogP contribution is -2.07. The van der Waals surface area contributed by atoms with Crippen molar-refractivity contribution in [2.24, 2.45) is 0 Å². The summed E-state index contributed by atoms with van der Waals surface area (Å²) >= 11 is 0. The topological polar surface area (TPSA) is 76.1 Å². The Morgan fingerprint density at radius 2 is 2.10 bits per heavy atom. The second-order valence-electron chi connectivity index (χ2n) is 4.12. The second kappa shape index (κ2) is 5.85. The summed E-state index contributed by atoms with van der Waals surface area (Å²) in [5.41, 5.74) is 6.76. The molecule has 2 N–H and O–H groups in total. The van der Waals surface area contributed by atoms with Crippen molar-refractivity contribution in [3.63, 3.8) is 0 Å². The zero-order valence-electron chi connectivity index (χ0n) is 10.5. The minimum Gasteiger partial charge on any atom is -0.457 e. The van der Waals surface area contributed by atoms with Gasteiger partial charge in [-0.15, -0.1) is 0 Å². The lowest BCUT2D eigenvalue weighted by atomic mass is 10.1. The molecule has 0 saturated carbocycles. The van der Waals surface area contributed by atoms with Gasteiger partial charge in [0, 0.05) is 11.3 Å². The molecule has 100 valence electrons. The van der Waals surface area contributed by atoms with Gasteiger partial charge in [0.15, 0.2) is 0 Å². The summed E-state index contributed by atoms with van der Waals surface area (Å²) in [6.07, 6.45) is 0. The molecule has 0 atom stereocenters. The molecule has 2 aromatic carbocycles. The van der Waals surface area contributed by atoms with Crippen LogP contribution in [0, 0.1) is 17.1 Å². The molecule has 20 heavy (non-hydrogen) atoms. The fourth-order valence-electron chi connectivity index (χ4n) is 1.65. The van der Waals surface area contributed by atoms with Crippen LogP contribution in [0.2, 0.25) is 0 Å². The van der Waals surface area contributed by atoms with Crippen LogP contribution in [-0.2, 0) is 11.3 Å². The summed E-state index contributed by atoms with van der Waals surface area (Å²) in [5.74, 6) is -1.12. The molecule has 0 fully saturated rings. The number of hydrogen-bond acceptors (Lipinski definition) is 4. The van der Waals surface area contributed by atoms with E-state index in [1.165, 1.54) is 24.3 Å². The van der Waals surface area contributed by atoms with Gasteiger partial charge in [-0.05, 0) is 36.4 Å². The van der Waals surface area contributed by atoms with Crippen molar-refractivity contribution in [1.29, 1.82) is 5.26 Å². The quantitative estimate of drug-likeness (QED) is 0.687. The number of halogens is 1. The summed E-state index contributed by atoms with van der Waals surface area (Å²) in [6, 6.07) is 12.1. The van der Waals surface area contributed by atoms with Crippen LogP contribution in [0.3, 0.4) is 0 Å². The Hall–Kier alpha value is -2.87. The summed E-state index contributed by atoms with van der Waals surface area (Å²) in [4.78, 5) is 11.8. The van der Waals surface area contributed by atoms with E-state index in [2.05, 4.69) is 0 Å². The molecular weight excluding hydrogens is 259 g/mol. The number of nitriles is 1. The van der Waals surface area contributed by atoms with E-state index in [4.69, 9.17) is 15.7 Å². The maximum Gasteiger partial charge on any atom is 0.338 e. The van der Waals surface area contributed by atoms with Gasteiger partial charge in [-0.25, -0.2) is 9.18 Å². The van der Waals surface area contributed by atoms with Gasteiger partial charge in [-0.1, -0.05) is 6.07 Å². The van der Waals surface area contributed by atoms with E-state index < -0.39 is 11.8 Å². The molecule has 4 nitrogen and oxygen atoms in total. The molecule has 0 amide bonds. The zero-order valence-corrected chi connectivity index (χ0v) is 10.5. The normalized spacial score (nSPS) is 9.80. The van der Waals surface area contributed by atoms with E-state index in [1.807, 2.05) is 6.07 Å². The van der Waals surface area contributed by atoms with Gasteiger partial charge in [-0.2, -0.15) is 5.26 Å². The van der Waals surface area contributed by atoms with E-state index in [0.717, 1.165) is 0 Å². The summed E-state index contributed by atoms with van der Waals surface area (Å²) in [6.45, 7) is -0.241. The van der Waals surface area contributed by atoms with Crippen LogP contribution in [0.15, 0.2) is 42.5 Å². The van der Waals surface area contributed by atoms with Crippen molar-refractivity contribution in [3.05, 3.63) is 65.0 Å². The van der Waals surface area contributed by atoms with Crippen molar-refractivity contribution < 1.29 is 13.9 Å². The maximum absolute atomic E-state index is 13.5. The molecule has 0 saturated heterocycles. The molecule has 2 rings (SSSR count). The van der Waals surface area contributed by atoms with E-state index in [-0.39, 0.29) is 12.2 Å². The number of nitrogens with zero attached hydrogens (tertiary/aromatic N) is 1. The fourth-order valence-corrected chi connectivity index (χ4v) is 1.65. The largest absolute Gasteiger partial charge is 0.457 e. The van der Waals surface area contributed by atoms with E-state index in [1.54, 1.807) is 18.2 Å². The van der Waals surface area contributed by atoms with Crippen LogP contribution < -0.4 is 5.73 Å². The van der Waals surface area contributed by atoms with Crippen LogP contribution in [0.1, 0.15) is 21.5 Å². The fraction of sp³-hybridized carbons (Fsp3) is 0.0667. The van der Waals surface area contributed by atoms with Gasteiger partial charge in [0.25, 0.3) is 0 Å². The number of nitrogen functional groups attached to an aromatic ring is 1. The highest BCUT2D eigenvalue weighted by atomic mass is 19.1. The third kappa shape index (κ3) is 3.12. The number of carbonyl (C=O) groups excluding carboxylic acids is 1. The lowest BCUT2D eigenvalue weighted by molar-refractivity contribution is 0.0469.